The summed E-state index contributed by atoms with van der Waals surface area (Å²) in [5.74, 6) is -5.33. The third-order valence-corrected chi connectivity index (χ3v) is 5.17. The number of aromatic amines is 1. The number of fused-ring (bicyclic) bond motifs is 1. The first kappa shape index (κ1) is 24.1. The highest BCUT2D eigenvalue weighted by atomic mass is 19.4. The van der Waals surface area contributed by atoms with Crippen molar-refractivity contribution in [1.82, 2.24) is 14.5 Å². The van der Waals surface area contributed by atoms with E-state index in [0.29, 0.717) is 12.1 Å². The minimum absolute atomic E-state index is 0.00836. The number of hydrogen-bond acceptors (Lipinski definition) is 5. The number of H-pyrrole nitrogens is 1. The predicted octanol–water partition coefficient (Wildman–Crippen LogP) is 3.32. The van der Waals surface area contributed by atoms with E-state index in [1.807, 2.05) is 36.7 Å². The third-order valence-electron chi connectivity index (χ3n) is 5.17. The van der Waals surface area contributed by atoms with Crippen LogP contribution in [0.15, 0.2) is 29.1 Å². The van der Waals surface area contributed by atoms with Gasteiger partial charge in [-0.05, 0) is 44.3 Å². The molecule has 1 aromatic carbocycles. The topological polar surface area (TPSA) is 105 Å². The number of hydrogen-bond donors (Lipinski definition) is 2. The van der Waals surface area contributed by atoms with Crippen LogP contribution in [-0.4, -0.2) is 51.8 Å². The van der Waals surface area contributed by atoms with E-state index in [0.717, 1.165) is 16.6 Å². The number of ether oxygens (including phenoxy) is 1. The molecule has 0 amide bonds. The number of carbonyl (C=O) groups is 2. The molecular formula is C22H22F3N3O5. The highest BCUT2D eigenvalue weighted by Crippen LogP contribution is 2.34. The monoisotopic (exact) mass is 465 g/mol. The number of aromatic nitrogens is 2. The van der Waals surface area contributed by atoms with Gasteiger partial charge in [0.05, 0.1) is 5.69 Å². The Labute approximate surface area is 186 Å². The normalized spacial score (nSPS) is 11.9. The smallest absolute Gasteiger partial charge is 0.477 e. The second-order valence-electron chi connectivity index (χ2n) is 7.76. The fourth-order valence-corrected chi connectivity index (χ4v) is 3.70. The summed E-state index contributed by atoms with van der Waals surface area (Å²) < 4.78 is 44.9. The average molecular weight is 465 g/mol. The number of aryl methyl sites for hydroxylation is 1. The van der Waals surface area contributed by atoms with Crippen LogP contribution in [0.4, 0.5) is 13.2 Å². The second kappa shape index (κ2) is 8.74. The lowest BCUT2D eigenvalue weighted by Gasteiger charge is -2.16. The molecule has 2 aromatic heterocycles. The molecule has 2 heterocycles. The number of alkyl halides is 3. The van der Waals surface area contributed by atoms with Crippen molar-refractivity contribution in [3.63, 3.8) is 0 Å². The molecule has 3 rings (SSSR count). The lowest BCUT2D eigenvalue weighted by Crippen LogP contribution is -2.31. The number of carbonyl (C=O) groups excluding carboxylic acids is 1. The maximum absolute atomic E-state index is 12.8. The highest BCUT2D eigenvalue weighted by molar-refractivity contribution is 5.94. The summed E-state index contributed by atoms with van der Waals surface area (Å²) in [5.41, 5.74) is 0.133. The summed E-state index contributed by atoms with van der Waals surface area (Å²) >= 11 is 0. The van der Waals surface area contributed by atoms with E-state index < -0.39 is 35.0 Å². The Balaban J connectivity index is 2.24. The van der Waals surface area contributed by atoms with Crippen molar-refractivity contribution in [1.29, 1.82) is 0 Å². The van der Waals surface area contributed by atoms with Gasteiger partial charge in [0.25, 0.3) is 5.56 Å². The van der Waals surface area contributed by atoms with Crippen LogP contribution < -0.4 is 10.3 Å². The summed E-state index contributed by atoms with van der Waals surface area (Å²) in [6.45, 7) is 2.21. The van der Waals surface area contributed by atoms with Gasteiger partial charge in [0.2, 0.25) is 0 Å². The third kappa shape index (κ3) is 4.63. The van der Waals surface area contributed by atoms with E-state index in [9.17, 15) is 32.7 Å². The number of halogens is 3. The standard InChI is InChI=1S/C22H22F3N3O5/c1-5-14-17(11-6-7-15-12(8-11)9-13(28(15)4)10-27(2)3)26-19(29)16(20(30)31)18(14)33-21(32)22(23,24)25/h6-9H,5,10H2,1-4H3,(H,26,29)(H,30,31). The first-order chi connectivity index (χ1) is 15.3. The van der Waals surface area contributed by atoms with Gasteiger partial charge >= 0.3 is 18.1 Å². The number of nitrogens with one attached hydrogen (secondary N) is 1. The Morgan fingerprint density at radius 3 is 2.42 bits per heavy atom. The zero-order valence-electron chi connectivity index (χ0n) is 18.3. The van der Waals surface area contributed by atoms with Crippen molar-refractivity contribution in [2.45, 2.75) is 26.1 Å². The van der Waals surface area contributed by atoms with Gasteiger partial charge in [0.15, 0.2) is 11.3 Å². The van der Waals surface area contributed by atoms with E-state index in [1.54, 1.807) is 25.1 Å². The Bertz CT molecular complexity index is 1310. The van der Waals surface area contributed by atoms with Crippen LogP contribution in [0.5, 0.6) is 5.75 Å². The van der Waals surface area contributed by atoms with Crippen LogP contribution in [0.1, 0.15) is 28.5 Å². The summed E-state index contributed by atoms with van der Waals surface area (Å²) in [6, 6.07) is 7.11. The Morgan fingerprint density at radius 2 is 1.88 bits per heavy atom. The number of carboxylic acids is 1. The first-order valence-corrected chi connectivity index (χ1v) is 9.90. The van der Waals surface area contributed by atoms with Crippen molar-refractivity contribution in [2.24, 2.45) is 7.05 Å². The maximum Gasteiger partial charge on any atom is 0.491 e. The quantitative estimate of drug-likeness (QED) is 0.542. The summed E-state index contributed by atoms with van der Waals surface area (Å²) in [7, 11) is 5.75. The fraction of sp³-hybridized carbons (Fsp3) is 0.318. The zero-order chi connectivity index (χ0) is 24.7. The number of benzene rings is 1. The Kier molecular flexibility index (Phi) is 6.37. The number of nitrogens with zero attached hydrogens (tertiary/aromatic N) is 2. The van der Waals surface area contributed by atoms with Crippen LogP contribution in [0.2, 0.25) is 0 Å². The van der Waals surface area contributed by atoms with Gasteiger partial charge in [0.1, 0.15) is 0 Å². The molecule has 0 spiro atoms. The number of aromatic carboxylic acids is 1. The van der Waals surface area contributed by atoms with Crippen molar-refractivity contribution in [2.75, 3.05) is 14.1 Å². The summed E-state index contributed by atoms with van der Waals surface area (Å²) in [5, 5.41) is 10.2. The second-order valence-corrected chi connectivity index (χ2v) is 7.76. The van der Waals surface area contributed by atoms with Gasteiger partial charge in [0, 0.05) is 35.8 Å². The van der Waals surface area contributed by atoms with Crippen molar-refractivity contribution in [3.8, 4) is 17.0 Å². The first-order valence-electron chi connectivity index (χ1n) is 9.90. The molecule has 0 unspecified atom stereocenters. The van der Waals surface area contributed by atoms with Crippen LogP contribution in [0, 0.1) is 0 Å². The van der Waals surface area contributed by atoms with Crippen LogP contribution in [-0.2, 0) is 24.8 Å². The molecule has 0 saturated heterocycles. The van der Waals surface area contributed by atoms with Gasteiger partial charge < -0.3 is 24.3 Å². The molecule has 3 aromatic rings. The molecule has 0 aliphatic carbocycles. The molecule has 2 N–H and O–H groups in total. The van der Waals surface area contributed by atoms with Crippen molar-refractivity contribution < 1.29 is 32.6 Å². The molecular weight excluding hydrogens is 443 g/mol. The molecule has 33 heavy (non-hydrogen) atoms. The predicted molar refractivity (Wildman–Crippen MR) is 114 cm³/mol. The number of pyridine rings is 1. The minimum Gasteiger partial charge on any atom is -0.477 e. The molecule has 0 aliphatic heterocycles. The Hall–Kier alpha value is -3.60. The molecule has 0 atom stereocenters. The average Bonchev–Trinajstić information content (AvgIpc) is 3.00. The van der Waals surface area contributed by atoms with Crippen LogP contribution in [0.3, 0.4) is 0 Å². The summed E-state index contributed by atoms with van der Waals surface area (Å²) in [4.78, 5) is 40.0. The van der Waals surface area contributed by atoms with Gasteiger partial charge in [-0.15, -0.1) is 0 Å². The molecule has 0 radical (unpaired) electrons. The van der Waals surface area contributed by atoms with Gasteiger partial charge in [-0.25, -0.2) is 9.59 Å². The van der Waals surface area contributed by atoms with Crippen molar-refractivity contribution >= 4 is 22.8 Å². The van der Waals surface area contributed by atoms with Gasteiger partial charge in [-0.2, -0.15) is 13.2 Å². The lowest BCUT2D eigenvalue weighted by molar-refractivity contribution is -0.189. The largest absolute Gasteiger partial charge is 0.491 e. The molecule has 0 fully saturated rings. The molecule has 11 heteroatoms. The molecule has 8 nitrogen and oxygen atoms in total. The van der Waals surface area contributed by atoms with E-state index >= 15 is 0 Å². The number of esters is 1. The van der Waals surface area contributed by atoms with Gasteiger partial charge in [-0.3, -0.25) is 4.79 Å². The fourth-order valence-electron chi connectivity index (χ4n) is 3.70. The SMILES string of the molecule is CCc1c(-c2ccc3c(c2)cc(CN(C)C)n3C)[nH]c(=O)c(C(=O)O)c1OC(=O)C(F)(F)F. The van der Waals surface area contributed by atoms with E-state index in [-0.39, 0.29) is 17.7 Å². The number of carboxylic acid groups (broad SMARTS) is 1. The maximum atomic E-state index is 12.8. The van der Waals surface area contributed by atoms with Crippen LogP contribution >= 0.6 is 0 Å². The van der Waals surface area contributed by atoms with Crippen LogP contribution in [0.25, 0.3) is 22.2 Å². The number of rotatable bonds is 6. The molecule has 0 saturated carbocycles. The zero-order valence-corrected chi connectivity index (χ0v) is 18.3. The Morgan fingerprint density at radius 1 is 1.21 bits per heavy atom. The minimum atomic E-state index is -5.37. The lowest BCUT2D eigenvalue weighted by atomic mass is 9.99. The van der Waals surface area contributed by atoms with Crippen molar-refractivity contribution in [3.05, 3.63) is 51.4 Å². The van der Waals surface area contributed by atoms with Gasteiger partial charge in [-0.1, -0.05) is 13.0 Å². The molecule has 0 aliphatic rings. The van der Waals surface area contributed by atoms with E-state index in [2.05, 4.69) is 9.72 Å². The summed E-state index contributed by atoms with van der Waals surface area (Å²) in [6.07, 6.45) is -5.37. The van der Waals surface area contributed by atoms with E-state index in [4.69, 9.17) is 0 Å². The van der Waals surface area contributed by atoms with E-state index in [1.165, 1.54) is 0 Å². The molecule has 0 bridgehead atoms. The molecule has 176 valence electrons. The highest BCUT2D eigenvalue weighted by Gasteiger charge is 2.43.